The maximum absolute atomic E-state index is 11.3. The van der Waals surface area contributed by atoms with E-state index in [0.29, 0.717) is 11.5 Å². The van der Waals surface area contributed by atoms with Crippen LogP contribution in [0.2, 0.25) is 0 Å². The molecule has 0 aromatic carbocycles. The van der Waals surface area contributed by atoms with Gasteiger partial charge in [-0.2, -0.15) is 0 Å². The zero-order valence-corrected chi connectivity index (χ0v) is 10.3. The van der Waals surface area contributed by atoms with Gasteiger partial charge in [0.25, 0.3) is 0 Å². The van der Waals surface area contributed by atoms with Crippen molar-refractivity contribution in [2.45, 2.75) is 19.9 Å². The molecule has 0 saturated carbocycles. The number of amides is 1. The quantitative estimate of drug-likeness (QED) is 0.435. The summed E-state index contributed by atoms with van der Waals surface area (Å²) >= 11 is 0. The lowest BCUT2D eigenvalue weighted by molar-refractivity contribution is -0.147. The van der Waals surface area contributed by atoms with Crippen LogP contribution in [0.5, 0.6) is 0 Å². The molecule has 0 fully saturated rings. The van der Waals surface area contributed by atoms with Gasteiger partial charge >= 0.3 is 5.97 Å². The molecule has 0 aliphatic rings. The Hall–Kier alpha value is -0.950. The summed E-state index contributed by atoms with van der Waals surface area (Å²) in [6.45, 7) is 3.85. The van der Waals surface area contributed by atoms with E-state index in [1.165, 1.54) is 0 Å². The molecule has 2 atom stereocenters. The first-order chi connectivity index (χ1) is 7.52. The Kier molecular flexibility index (Phi) is 7.74. The lowest BCUT2D eigenvalue weighted by atomic mass is 10.3. The Morgan fingerprint density at radius 1 is 1.44 bits per heavy atom. The fraction of sp³-hybridized carbons (Fsp3) is 0.778. The van der Waals surface area contributed by atoms with Crippen molar-refractivity contribution in [2.75, 3.05) is 24.7 Å². The van der Waals surface area contributed by atoms with Gasteiger partial charge < -0.3 is 15.8 Å². The molecule has 0 bridgehead atoms. The van der Waals surface area contributed by atoms with Crippen molar-refractivity contribution in [3.8, 4) is 0 Å². The summed E-state index contributed by atoms with van der Waals surface area (Å²) in [5.41, 5.74) is 5.33. The number of hydrogen-bond donors (Lipinski definition) is 2. The van der Waals surface area contributed by atoms with Gasteiger partial charge in [-0.3, -0.25) is 9.00 Å². The molecular formula is C9H18N2O4S. The number of nitrogens with one attached hydrogen (secondary N) is 1. The monoisotopic (exact) mass is 250 g/mol. The zero-order chi connectivity index (χ0) is 12.6. The molecule has 16 heavy (non-hydrogen) atoms. The van der Waals surface area contributed by atoms with Crippen LogP contribution in [0.15, 0.2) is 0 Å². The van der Waals surface area contributed by atoms with E-state index in [-0.39, 0.29) is 13.2 Å². The van der Waals surface area contributed by atoms with Crippen LogP contribution in [0.3, 0.4) is 0 Å². The topological polar surface area (TPSA) is 98.5 Å². The van der Waals surface area contributed by atoms with E-state index in [4.69, 9.17) is 5.73 Å². The van der Waals surface area contributed by atoms with Gasteiger partial charge in [0.2, 0.25) is 5.91 Å². The fourth-order valence-corrected chi connectivity index (χ4v) is 1.50. The van der Waals surface area contributed by atoms with Crippen molar-refractivity contribution in [3.05, 3.63) is 0 Å². The summed E-state index contributed by atoms with van der Waals surface area (Å²) in [5.74, 6) is -0.458. The zero-order valence-electron chi connectivity index (χ0n) is 9.52. The average Bonchev–Trinajstić information content (AvgIpc) is 2.27. The minimum atomic E-state index is -1.31. The van der Waals surface area contributed by atoms with E-state index in [1.807, 2.05) is 0 Å². The second kappa shape index (κ2) is 8.23. The number of carbonyl (C=O) groups is 2. The van der Waals surface area contributed by atoms with E-state index >= 15 is 0 Å². The first kappa shape index (κ1) is 15.0. The highest BCUT2D eigenvalue weighted by Crippen LogP contribution is 1.86. The number of ether oxygens (including phenoxy) is 1. The highest BCUT2D eigenvalue weighted by Gasteiger charge is 2.22. The van der Waals surface area contributed by atoms with Crippen LogP contribution in [0, 0.1) is 0 Å². The third kappa shape index (κ3) is 5.82. The minimum Gasteiger partial charge on any atom is -0.464 e. The van der Waals surface area contributed by atoms with E-state index in [1.54, 1.807) is 13.8 Å². The molecule has 0 radical (unpaired) electrons. The Morgan fingerprint density at radius 2 is 2.06 bits per heavy atom. The van der Waals surface area contributed by atoms with Gasteiger partial charge in [0.1, 0.15) is 0 Å². The third-order valence-corrected chi connectivity index (χ3v) is 3.08. The molecule has 0 aliphatic carbocycles. The maximum atomic E-state index is 11.3. The molecule has 0 saturated heterocycles. The lowest BCUT2D eigenvalue weighted by Crippen LogP contribution is -2.47. The predicted octanol–water partition coefficient (Wildman–Crippen LogP) is -1.24. The summed E-state index contributed by atoms with van der Waals surface area (Å²) in [5, 5.41) is 2.43. The summed E-state index contributed by atoms with van der Waals surface area (Å²) in [4.78, 5) is 22.4. The fourth-order valence-electron chi connectivity index (χ4n) is 0.881. The van der Waals surface area contributed by atoms with Gasteiger partial charge in [0, 0.05) is 28.9 Å². The first-order valence-electron chi connectivity index (χ1n) is 5.07. The molecule has 7 heteroatoms. The van der Waals surface area contributed by atoms with Crippen LogP contribution in [-0.4, -0.2) is 46.8 Å². The molecule has 0 aliphatic heterocycles. The van der Waals surface area contributed by atoms with E-state index in [9.17, 15) is 13.8 Å². The van der Waals surface area contributed by atoms with Gasteiger partial charge in [-0.05, 0) is 6.92 Å². The van der Waals surface area contributed by atoms with Crippen molar-refractivity contribution in [1.29, 1.82) is 0 Å². The summed E-state index contributed by atoms with van der Waals surface area (Å²) in [6, 6.07) is -1.31. The summed E-state index contributed by atoms with van der Waals surface area (Å²) in [7, 11) is -0.942. The third-order valence-electron chi connectivity index (χ3n) is 1.77. The Bertz CT molecular complexity index is 270. The van der Waals surface area contributed by atoms with Gasteiger partial charge in [0.05, 0.1) is 6.61 Å². The molecule has 6 nitrogen and oxygen atoms in total. The van der Waals surface area contributed by atoms with Crippen LogP contribution in [-0.2, 0) is 25.1 Å². The highest BCUT2D eigenvalue weighted by atomic mass is 32.2. The maximum Gasteiger partial charge on any atom is 0.332 e. The molecule has 0 aromatic rings. The summed E-state index contributed by atoms with van der Waals surface area (Å²) < 4.78 is 15.6. The molecule has 94 valence electrons. The van der Waals surface area contributed by atoms with Crippen LogP contribution >= 0.6 is 0 Å². The van der Waals surface area contributed by atoms with Crippen LogP contribution < -0.4 is 11.1 Å². The van der Waals surface area contributed by atoms with Crippen molar-refractivity contribution in [3.63, 3.8) is 0 Å². The minimum absolute atomic E-state index is 0.180. The number of nitrogens with two attached hydrogens (primary N) is 1. The van der Waals surface area contributed by atoms with E-state index in [2.05, 4.69) is 10.1 Å². The molecule has 0 spiro atoms. The Balaban J connectivity index is 3.88. The predicted molar refractivity (Wildman–Crippen MR) is 61.2 cm³/mol. The Labute approximate surface area is 97.4 Å². The number of esters is 1. The molecule has 1 amide bonds. The molecule has 0 heterocycles. The van der Waals surface area contributed by atoms with Crippen molar-refractivity contribution in [2.24, 2.45) is 5.73 Å². The van der Waals surface area contributed by atoms with E-state index in [0.717, 1.165) is 0 Å². The molecule has 2 unspecified atom stereocenters. The SMILES string of the molecule is CCOC(=O)C(N)C(=O)NCCS(=O)CC. The second-order valence-electron chi connectivity index (χ2n) is 2.95. The van der Waals surface area contributed by atoms with Gasteiger partial charge in [-0.25, -0.2) is 4.79 Å². The molecule has 0 aromatic heterocycles. The Morgan fingerprint density at radius 3 is 2.56 bits per heavy atom. The number of carbonyl (C=O) groups excluding carboxylic acids is 2. The van der Waals surface area contributed by atoms with Crippen LogP contribution in [0.25, 0.3) is 0 Å². The lowest BCUT2D eigenvalue weighted by Gasteiger charge is -2.10. The van der Waals surface area contributed by atoms with E-state index < -0.39 is 28.7 Å². The average molecular weight is 250 g/mol. The van der Waals surface area contributed by atoms with Crippen molar-refractivity contribution in [1.82, 2.24) is 5.32 Å². The molecule has 0 rings (SSSR count). The molecular weight excluding hydrogens is 232 g/mol. The largest absolute Gasteiger partial charge is 0.464 e. The van der Waals surface area contributed by atoms with Crippen molar-refractivity contribution >= 4 is 22.7 Å². The first-order valence-corrected chi connectivity index (χ1v) is 6.56. The van der Waals surface area contributed by atoms with Gasteiger partial charge in [0.15, 0.2) is 6.04 Å². The van der Waals surface area contributed by atoms with Gasteiger partial charge in [-0.1, -0.05) is 6.92 Å². The normalized spacial score (nSPS) is 13.9. The number of hydrogen-bond acceptors (Lipinski definition) is 5. The summed E-state index contributed by atoms with van der Waals surface area (Å²) in [6.07, 6.45) is 0. The highest BCUT2D eigenvalue weighted by molar-refractivity contribution is 7.84. The molecule has 3 N–H and O–H groups in total. The smallest absolute Gasteiger partial charge is 0.332 e. The van der Waals surface area contributed by atoms with Crippen LogP contribution in [0.1, 0.15) is 13.8 Å². The standard InChI is InChI=1S/C9H18N2O4S/c1-3-15-9(13)7(10)8(12)11-5-6-16(14)4-2/h7H,3-6,10H2,1-2H3,(H,11,12). The van der Waals surface area contributed by atoms with Crippen LogP contribution in [0.4, 0.5) is 0 Å². The van der Waals surface area contributed by atoms with Gasteiger partial charge in [-0.15, -0.1) is 0 Å². The second-order valence-corrected chi connectivity index (χ2v) is 4.82. The number of rotatable bonds is 7. The van der Waals surface area contributed by atoms with Crippen molar-refractivity contribution < 1.29 is 18.5 Å².